The molecule has 0 bridgehead atoms. The van der Waals surface area contributed by atoms with Crippen molar-refractivity contribution in [2.45, 2.75) is 18.4 Å². The third-order valence-electron chi connectivity index (χ3n) is 2.76. The number of halogens is 1. The number of thiophene rings is 1. The number of aromatic carboxylic acids is 1. The Kier molecular flexibility index (Phi) is 4.82. The summed E-state index contributed by atoms with van der Waals surface area (Å²) in [5.74, 6) is -1.24. The van der Waals surface area contributed by atoms with Gasteiger partial charge in [-0.1, -0.05) is 28.1 Å². The first-order valence-electron chi connectivity index (χ1n) is 5.87. The summed E-state index contributed by atoms with van der Waals surface area (Å²) in [4.78, 5) is 10.8. The number of hydrogen-bond donors (Lipinski definition) is 2. The topological polar surface area (TPSA) is 83.5 Å². The monoisotopic (exact) mass is 389 g/mol. The van der Waals surface area contributed by atoms with Gasteiger partial charge in [0.2, 0.25) is 10.0 Å². The normalized spacial score (nSPS) is 11.5. The van der Waals surface area contributed by atoms with Crippen LogP contribution in [-0.2, 0) is 16.6 Å². The molecule has 2 aromatic rings. The molecule has 1 aromatic carbocycles. The number of carbonyl (C=O) groups is 1. The van der Waals surface area contributed by atoms with Gasteiger partial charge in [0.15, 0.2) is 0 Å². The first-order chi connectivity index (χ1) is 9.81. The molecule has 0 radical (unpaired) electrons. The number of nitrogens with one attached hydrogen (secondary N) is 1. The smallest absolute Gasteiger partial charge is 0.347 e. The summed E-state index contributed by atoms with van der Waals surface area (Å²) in [6.07, 6.45) is 0. The largest absolute Gasteiger partial charge is 0.477 e. The third kappa shape index (κ3) is 3.70. The Morgan fingerprint density at radius 2 is 1.95 bits per heavy atom. The standard InChI is InChI=1S/C13H12BrNO4S2/c1-8-7-20-11(13(16)17)12(8)21(18,19)15-6-9-2-4-10(14)5-3-9/h2-5,7,15H,6H2,1H3,(H,16,17). The van der Waals surface area contributed by atoms with Gasteiger partial charge in [-0.2, -0.15) is 0 Å². The van der Waals surface area contributed by atoms with Crippen molar-refractivity contribution in [1.82, 2.24) is 4.72 Å². The second-order valence-corrected chi connectivity index (χ2v) is 7.83. The van der Waals surface area contributed by atoms with E-state index >= 15 is 0 Å². The molecule has 0 fully saturated rings. The molecule has 5 nitrogen and oxygen atoms in total. The molecule has 0 aliphatic rings. The fourth-order valence-corrected chi connectivity index (χ4v) is 4.68. The molecule has 0 aliphatic heterocycles. The highest BCUT2D eigenvalue weighted by Gasteiger charge is 2.26. The summed E-state index contributed by atoms with van der Waals surface area (Å²) in [6, 6.07) is 7.18. The van der Waals surface area contributed by atoms with Crippen LogP contribution in [0, 0.1) is 6.92 Å². The van der Waals surface area contributed by atoms with Gasteiger partial charge in [0.05, 0.1) is 0 Å². The number of carboxylic acids is 1. The Morgan fingerprint density at radius 1 is 1.33 bits per heavy atom. The molecule has 0 aliphatic carbocycles. The number of aryl methyl sites for hydroxylation is 1. The number of rotatable bonds is 5. The Bertz CT molecular complexity index is 766. The molecular formula is C13H12BrNO4S2. The number of carboxylic acid groups (broad SMARTS) is 1. The molecule has 0 spiro atoms. The maximum Gasteiger partial charge on any atom is 0.347 e. The number of hydrogen-bond acceptors (Lipinski definition) is 4. The second kappa shape index (κ2) is 6.27. The fourth-order valence-electron chi connectivity index (χ4n) is 1.77. The van der Waals surface area contributed by atoms with Crippen molar-refractivity contribution in [2.24, 2.45) is 0 Å². The zero-order valence-corrected chi connectivity index (χ0v) is 14.2. The van der Waals surface area contributed by atoms with E-state index in [0.717, 1.165) is 21.4 Å². The lowest BCUT2D eigenvalue weighted by atomic mass is 10.2. The highest BCUT2D eigenvalue weighted by Crippen LogP contribution is 2.26. The molecule has 112 valence electrons. The molecule has 0 atom stereocenters. The summed E-state index contributed by atoms with van der Waals surface area (Å²) in [5.41, 5.74) is 1.22. The van der Waals surface area contributed by atoms with E-state index in [0.29, 0.717) is 5.56 Å². The van der Waals surface area contributed by atoms with Crippen molar-refractivity contribution in [3.8, 4) is 0 Å². The second-order valence-electron chi connectivity index (χ2n) is 4.33. The minimum absolute atomic E-state index is 0.101. The van der Waals surface area contributed by atoms with E-state index < -0.39 is 16.0 Å². The maximum atomic E-state index is 12.3. The third-order valence-corrected chi connectivity index (χ3v) is 6.09. The average molecular weight is 390 g/mol. The van der Waals surface area contributed by atoms with Crippen LogP contribution in [0.2, 0.25) is 0 Å². The van der Waals surface area contributed by atoms with E-state index in [9.17, 15) is 13.2 Å². The van der Waals surface area contributed by atoms with Crippen LogP contribution in [-0.4, -0.2) is 19.5 Å². The molecule has 2 N–H and O–H groups in total. The summed E-state index contributed by atoms with van der Waals surface area (Å²) in [6.45, 7) is 1.68. The minimum atomic E-state index is -3.86. The lowest BCUT2D eigenvalue weighted by molar-refractivity contribution is 0.0698. The molecule has 8 heteroatoms. The van der Waals surface area contributed by atoms with Gasteiger partial charge in [0, 0.05) is 11.0 Å². The molecular weight excluding hydrogens is 378 g/mol. The van der Waals surface area contributed by atoms with E-state index in [-0.39, 0.29) is 16.3 Å². The fraction of sp³-hybridized carbons (Fsp3) is 0.154. The number of benzene rings is 1. The van der Waals surface area contributed by atoms with E-state index in [4.69, 9.17) is 5.11 Å². The van der Waals surface area contributed by atoms with E-state index in [2.05, 4.69) is 20.7 Å². The van der Waals surface area contributed by atoms with Gasteiger partial charge in [-0.15, -0.1) is 11.3 Å². The Morgan fingerprint density at radius 3 is 2.52 bits per heavy atom. The zero-order chi connectivity index (χ0) is 15.6. The molecule has 0 saturated carbocycles. The molecule has 0 amide bonds. The van der Waals surface area contributed by atoms with Gasteiger partial charge >= 0.3 is 5.97 Å². The molecule has 0 unspecified atom stereocenters. The number of sulfonamides is 1. The Hall–Kier alpha value is -1.22. The average Bonchev–Trinajstić information content (AvgIpc) is 2.81. The van der Waals surface area contributed by atoms with E-state index in [1.165, 1.54) is 5.38 Å². The van der Waals surface area contributed by atoms with Crippen LogP contribution in [0.5, 0.6) is 0 Å². The SMILES string of the molecule is Cc1csc(C(=O)O)c1S(=O)(=O)NCc1ccc(Br)cc1. The van der Waals surface area contributed by atoms with Gasteiger partial charge in [0.1, 0.15) is 9.77 Å². The first kappa shape index (κ1) is 16.2. The summed E-state index contributed by atoms with van der Waals surface area (Å²) < 4.78 is 27.9. The van der Waals surface area contributed by atoms with E-state index in [1.54, 1.807) is 19.1 Å². The Balaban J connectivity index is 2.25. The molecule has 1 heterocycles. The lowest BCUT2D eigenvalue weighted by Gasteiger charge is -2.08. The van der Waals surface area contributed by atoms with Crippen molar-refractivity contribution in [3.63, 3.8) is 0 Å². The van der Waals surface area contributed by atoms with Gasteiger partial charge in [-0.25, -0.2) is 17.9 Å². The quantitative estimate of drug-likeness (QED) is 0.822. The van der Waals surface area contributed by atoms with E-state index in [1.807, 2.05) is 12.1 Å². The van der Waals surface area contributed by atoms with Crippen molar-refractivity contribution in [2.75, 3.05) is 0 Å². The first-order valence-corrected chi connectivity index (χ1v) is 9.02. The van der Waals surface area contributed by atoms with Crippen LogP contribution in [0.25, 0.3) is 0 Å². The molecule has 0 saturated heterocycles. The summed E-state index contributed by atoms with van der Waals surface area (Å²) in [5, 5.41) is 10.6. The van der Waals surface area contributed by atoms with Crippen LogP contribution in [0.3, 0.4) is 0 Å². The van der Waals surface area contributed by atoms with Gasteiger partial charge < -0.3 is 5.11 Å². The van der Waals surface area contributed by atoms with Crippen LogP contribution in [0.1, 0.15) is 20.8 Å². The Labute approximate surface area is 134 Å². The molecule has 21 heavy (non-hydrogen) atoms. The highest BCUT2D eigenvalue weighted by atomic mass is 79.9. The summed E-state index contributed by atoms with van der Waals surface area (Å²) in [7, 11) is -3.86. The van der Waals surface area contributed by atoms with Crippen LogP contribution >= 0.6 is 27.3 Å². The zero-order valence-electron chi connectivity index (χ0n) is 11.0. The van der Waals surface area contributed by atoms with Gasteiger partial charge in [0.25, 0.3) is 0 Å². The summed E-state index contributed by atoms with van der Waals surface area (Å²) >= 11 is 4.21. The van der Waals surface area contributed by atoms with Crippen molar-refractivity contribution >= 4 is 43.3 Å². The van der Waals surface area contributed by atoms with Crippen LogP contribution < -0.4 is 4.72 Å². The van der Waals surface area contributed by atoms with Crippen molar-refractivity contribution in [1.29, 1.82) is 0 Å². The molecule has 1 aromatic heterocycles. The van der Waals surface area contributed by atoms with Crippen LogP contribution in [0.4, 0.5) is 0 Å². The lowest BCUT2D eigenvalue weighted by Crippen LogP contribution is -2.25. The minimum Gasteiger partial charge on any atom is -0.477 e. The molecule has 2 rings (SSSR count). The predicted octanol–water partition coefficient (Wildman–Crippen LogP) is 3.00. The predicted molar refractivity (Wildman–Crippen MR) is 84.2 cm³/mol. The van der Waals surface area contributed by atoms with Gasteiger partial charge in [-0.3, -0.25) is 0 Å². The maximum absolute atomic E-state index is 12.3. The highest BCUT2D eigenvalue weighted by molar-refractivity contribution is 9.10. The van der Waals surface area contributed by atoms with Crippen molar-refractivity contribution < 1.29 is 18.3 Å². The van der Waals surface area contributed by atoms with Crippen molar-refractivity contribution in [3.05, 3.63) is 50.1 Å². The van der Waals surface area contributed by atoms with Crippen LogP contribution in [0.15, 0.2) is 39.0 Å². The van der Waals surface area contributed by atoms with Gasteiger partial charge in [-0.05, 0) is 35.6 Å².